The van der Waals surface area contributed by atoms with Crippen molar-refractivity contribution in [3.63, 3.8) is 0 Å². The third-order valence-electron chi connectivity index (χ3n) is 4.26. The van der Waals surface area contributed by atoms with Gasteiger partial charge in [-0.15, -0.1) is 16.8 Å². The van der Waals surface area contributed by atoms with Crippen molar-refractivity contribution in [2.75, 3.05) is 18.2 Å². The smallest absolute Gasteiger partial charge is 0.251 e. The van der Waals surface area contributed by atoms with Crippen LogP contribution in [0.2, 0.25) is 0 Å². The lowest BCUT2D eigenvalue weighted by molar-refractivity contribution is -0.113. The van der Waals surface area contributed by atoms with E-state index in [1.807, 2.05) is 22.8 Å². The molecule has 31 heavy (non-hydrogen) atoms. The highest BCUT2D eigenvalue weighted by Crippen LogP contribution is 2.24. The van der Waals surface area contributed by atoms with Crippen molar-refractivity contribution in [1.82, 2.24) is 20.1 Å². The van der Waals surface area contributed by atoms with Crippen LogP contribution < -0.4 is 15.4 Å². The molecule has 2 aromatic carbocycles. The Bertz CT molecular complexity index is 1050. The number of carbonyl (C=O) groups excluding carboxylic acids is 2. The van der Waals surface area contributed by atoms with Gasteiger partial charge in [-0.25, -0.2) is 0 Å². The summed E-state index contributed by atoms with van der Waals surface area (Å²) in [6.45, 7) is 4.43. The number of nitrogens with zero attached hydrogens (tertiary/aromatic N) is 3. The van der Waals surface area contributed by atoms with Gasteiger partial charge in [-0.2, -0.15) is 0 Å². The van der Waals surface area contributed by atoms with Crippen LogP contribution in [0.5, 0.6) is 5.75 Å². The summed E-state index contributed by atoms with van der Waals surface area (Å²) in [5.74, 6) is 0.925. The van der Waals surface area contributed by atoms with Gasteiger partial charge in [0.05, 0.1) is 25.1 Å². The molecule has 1 aromatic heterocycles. The Kier molecular flexibility index (Phi) is 7.83. The van der Waals surface area contributed by atoms with E-state index in [-0.39, 0.29) is 24.1 Å². The molecule has 0 saturated heterocycles. The highest BCUT2D eigenvalue weighted by atomic mass is 32.2. The summed E-state index contributed by atoms with van der Waals surface area (Å²) in [4.78, 5) is 24.7. The maximum absolute atomic E-state index is 12.4. The first-order chi connectivity index (χ1) is 15.1. The first kappa shape index (κ1) is 22.1. The Morgan fingerprint density at radius 2 is 1.87 bits per heavy atom. The quantitative estimate of drug-likeness (QED) is 0.374. The largest absolute Gasteiger partial charge is 0.495 e. The van der Waals surface area contributed by atoms with Crippen LogP contribution in [0.25, 0.3) is 0 Å². The molecule has 3 rings (SSSR count). The number of hydrogen-bond acceptors (Lipinski definition) is 6. The van der Waals surface area contributed by atoms with E-state index in [4.69, 9.17) is 4.74 Å². The molecular weight excluding hydrogens is 414 g/mol. The summed E-state index contributed by atoms with van der Waals surface area (Å²) in [6, 6.07) is 16.2. The van der Waals surface area contributed by atoms with Crippen LogP contribution in [0.1, 0.15) is 16.2 Å². The fourth-order valence-corrected chi connectivity index (χ4v) is 3.55. The minimum atomic E-state index is -0.195. The predicted molar refractivity (Wildman–Crippen MR) is 120 cm³/mol. The van der Waals surface area contributed by atoms with Gasteiger partial charge in [0.15, 0.2) is 11.0 Å². The average molecular weight is 438 g/mol. The molecule has 9 heteroatoms. The van der Waals surface area contributed by atoms with E-state index in [1.165, 1.54) is 11.8 Å². The average Bonchev–Trinajstić information content (AvgIpc) is 3.18. The van der Waals surface area contributed by atoms with E-state index >= 15 is 0 Å². The molecule has 2 N–H and O–H groups in total. The Morgan fingerprint density at radius 3 is 2.61 bits per heavy atom. The molecule has 8 nitrogen and oxygen atoms in total. The van der Waals surface area contributed by atoms with E-state index in [2.05, 4.69) is 27.4 Å². The monoisotopic (exact) mass is 437 g/mol. The van der Waals surface area contributed by atoms with Gasteiger partial charge in [-0.3, -0.25) is 9.59 Å². The van der Waals surface area contributed by atoms with E-state index in [0.717, 1.165) is 0 Å². The van der Waals surface area contributed by atoms with Gasteiger partial charge < -0.3 is 19.9 Å². The summed E-state index contributed by atoms with van der Waals surface area (Å²) in [6.07, 6.45) is 1.71. The molecule has 0 spiro atoms. The van der Waals surface area contributed by atoms with Gasteiger partial charge in [0.2, 0.25) is 5.91 Å². The Labute approximate surface area is 184 Å². The van der Waals surface area contributed by atoms with Crippen molar-refractivity contribution in [3.8, 4) is 5.75 Å². The number of benzene rings is 2. The molecule has 0 unspecified atom stereocenters. The molecule has 0 aliphatic carbocycles. The number of allylic oxidation sites excluding steroid dienone is 1. The zero-order valence-electron chi connectivity index (χ0n) is 17.1. The van der Waals surface area contributed by atoms with Crippen molar-refractivity contribution < 1.29 is 14.3 Å². The fraction of sp³-hybridized carbons (Fsp3) is 0.182. The van der Waals surface area contributed by atoms with Crippen LogP contribution in [0.15, 0.2) is 72.4 Å². The highest BCUT2D eigenvalue weighted by molar-refractivity contribution is 7.99. The minimum absolute atomic E-state index is 0.143. The summed E-state index contributed by atoms with van der Waals surface area (Å²) in [7, 11) is 1.55. The molecule has 160 valence electrons. The number of hydrogen-bond donors (Lipinski definition) is 2. The van der Waals surface area contributed by atoms with Crippen molar-refractivity contribution in [2.24, 2.45) is 0 Å². The van der Waals surface area contributed by atoms with Gasteiger partial charge in [-0.05, 0) is 24.3 Å². The molecule has 0 atom stereocenters. The van der Waals surface area contributed by atoms with E-state index in [9.17, 15) is 9.59 Å². The first-order valence-electron chi connectivity index (χ1n) is 9.54. The number of methoxy groups -OCH3 is 1. The Morgan fingerprint density at radius 1 is 1.13 bits per heavy atom. The van der Waals surface area contributed by atoms with Crippen LogP contribution in [0.3, 0.4) is 0 Å². The molecule has 0 aliphatic heterocycles. The first-order valence-corrected chi connectivity index (χ1v) is 10.5. The number of aromatic nitrogens is 3. The van der Waals surface area contributed by atoms with Gasteiger partial charge in [0.1, 0.15) is 5.75 Å². The second-order valence-electron chi connectivity index (χ2n) is 6.38. The SMILES string of the molecule is C=CCn1c(CNC(=O)c2ccccc2)nnc1SCC(=O)Nc1ccccc1OC. The summed E-state index contributed by atoms with van der Waals surface area (Å²) in [5.41, 5.74) is 1.17. The fourth-order valence-electron chi connectivity index (χ4n) is 2.78. The zero-order chi connectivity index (χ0) is 22.1. The lowest BCUT2D eigenvalue weighted by Gasteiger charge is -2.10. The van der Waals surface area contributed by atoms with Gasteiger partial charge >= 0.3 is 0 Å². The summed E-state index contributed by atoms with van der Waals surface area (Å²) >= 11 is 1.26. The van der Waals surface area contributed by atoms with Crippen LogP contribution in [-0.4, -0.2) is 39.4 Å². The number of para-hydroxylation sites is 2. The molecule has 2 amide bonds. The van der Waals surface area contributed by atoms with Crippen LogP contribution >= 0.6 is 11.8 Å². The van der Waals surface area contributed by atoms with Crippen molar-refractivity contribution in [3.05, 3.63) is 78.6 Å². The van der Waals surface area contributed by atoms with E-state index in [1.54, 1.807) is 49.6 Å². The minimum Gasteiger partial charge on any atom is -0.495 e. The maximum Gasteiger partial charge on any atom is 0.251 e. The lowest BCUT2D eigenvalue weighted by Crippen LogP contribution is -2.24. The van der Waals surface area contributed by atoms with Gasteiger partial charge in [-0.1, -0.05) is 48.2 Å². The third kappa shape index (κ3) is 5.95. The number of ether oxygens (including phenoxy) is 1. The van der Waals surface area contributed by atoms with Crippen LogP contribution in [0, 0.1) is 0 Å². The lowest BCUT2D eigenvalue weighted by atomic mass is 10.2. The molecule has 0 saturated carbocycles. The number of carbonyl (C=O) groups is 2. The number of amides is 2. The summed E-state index contributed by atoms with van der Waals surface area (Å²) < 4.78 is 7.07. The second kappa shape index (κ2) is 11.0. The predicted octanol–water partition coefficient (Wildman–Crippen LogP) is 3.13. The topological polar surface area (TPSA) is 98.1 Å². The van der Waals surface area contributed by atoms with Gasteiger partial charge in [0, 0.05) is 12.1 Å². The van der Waals surface area contributed by atoms with E-state index in [0.29, 0.717) is 34.5 Å². The molecular formula is C22H23N5O3S. The maximum atomic E-state index is 12.4. The molecule has 0 radical (unpaired) electrons. The molecule has 1 heterocycles. The number of anilines is 1. The van der Waals surface area contributed by atoms with E-state index < -0.39 is 0 Å². The van der Waals surface area contributed by atoms with Crippen LogP contribution in [0.4, 0.5) is 5.69 Å². The third-order valence-corrected chi connectivity index (χ3v) is 5.23. The van der Waals surface area contributed by atoms with Crippen molar-refractivity contribution in [1.29, 1.82) is 0 Å². The van der Waals surface area contributed by atoms with Crippen molar-refractivity contribution >= 4 is 29.3 Å². The Hall–Kier alpha value is -3.59. The van der Waals surface area contributed by atoms with Crippen LogP contribution in [-0.2, 0) is 17.9 Å². The highest BCUT2D eigenvalue weighted by Gasteiger charge is 2.15. The standard InChI is InChI=1S/C22H23N5O3S/c1-3-13-27-19(14-23-21(29)16-9-5-4-6-10-16)25-26-22(27)31-15-20(28)24-17-11-7-8-12-18(17)30-2/h3-12H,1,13-15H2,2H3,(H,23,29)(H,24,28). The number of nitrogens with one attached hydrogen (secondary N) is 2. The molecule has 3 aromatic rings. The number of thioether (sulfide) groups is 1. The van der Waals surface area contributed by atoms with Crippen molar-refractivity contribution in [2.45, 2.75) is 18.2 Å². The molecule has 0 bridgehead atoms. The molecule has 0 aliphatic rings. The van der Waals surface area contributed by atoms with Gasteiger partial charge in [0.25, 0.3) is 5.91 Å². The molecule has 0 fully saturated rings. The zero-order valence-corrected chi connectivity index (χ0v) is 17.9. The second-order valence-corrected chi connectivity index (χ2v) is 7.33. The number of rotatable bonds is 10. The normalized spacial score (nSPS) is 10.4. The Balaban J connectivity index is 1.61. The summed E-state index contributed by atoms with van der Waals surface area (Å²) in [5, 5.41) is 14.6.